The van der Waals surface area contributed by atoms with Crippen LogP contribution in [0.2, 0.25) is 0 Å². The monoisotopic (exact) mass is 258 g/mol. The van der Waals surface area contributed by atoms with Crippen molar-refractivity contribution < 1.29 is 19.1 Å². The second kappa shape index (κ2) is 5.67. The van der Waals surface area contributed by atoms with E-state index in [9.17, 15) is 9.59 Å². The molecule has 1 amide bonds. The van der Waals surface area contributed by atoms with Crippen molar-refractivity contribution >= 4 is 11.9 Å². The van der Waals surface area contributed by atoms with E-state index in [0.717, 1.165) is 0 Å². The zero-order valence-corrected chi connectivity index (χ0v) is 11.4. The topological polar surface area (TPSA) is 81.9 Å². The summed E-state index contributed by atoms with van der Waals surface area (Å²) in [7, 11) is 0. The Morgan fingerprint density at radius 2 is 2.06 bits per heavy atom. The predicted octanol–water partition coefficient (Wildman–Crippen LogP) is 0.539. The van der Waals surface area contributed by atoms with Gasteiger partial charge in [0.05, 0.1) is 19.3 Å². The fourth-order valence-electron chi connectivity index (χ4n) is 1.68. The van der Waals surface area contributed by atoms with Gasteiger partial charge in [0.25, 0.3) is 0 Å². The van der Waals surface area contributed by atoms with Gasteiger partial charge < -0.3 is 15.2 Å². The molecule has 0 aromatic carbocycles. The largest absolute Gasteiger partial charge is 0.444 e. The maximum Gasteiger partial charge on any atom is 0.411 e. The first-order valence-electron chi connectivity index (χ1n) is 6.09. The van der Waals surface area contributed by atoms with E-state index < -0.39 is 23.8 Å². The molecule has 18 heavy (non-hydrogen) atoms. The number of hydrogen-bond acceptors (Lipinski definition) is 5. The van der Waals surface area contributed by atoms with Gasteiger partial charge in [-0.2, -0.15) is 0 Å². The molecule has 1 heterocycles. The molecule has 0 bridgehead atoms. The van der Waals surface area contributed by atoms with Crippen LogP contribution in [-0.4, -0.2) is 54.2 Å². The lowest BCUT2D eigenvalue weighted by Gasteiger charge is -2.36. The third-order valence-electron chi connectivity index (χ3n) is 2.53. The van der Waals surface area contributed by atoms with Crippen LogP contribution in [0.1, 0.15) is 27.7 Å². The van der Waals surface area contributed by atoms with Gasteiger partial charge in [-0.15, -0.1) is 0 Å². The second-order valence-corrected chi connectivity index (χ2v) is 5.46. The van der Waals surface area contributed by atoms with Crippen molar-refractivity contribution in [3.63, 3.8) is 0 Å². The van der Waals surface area contributed by atoms with Crippen molar-refractivity contribution in [3.05, 3.63) is 0 Å². The molecule has 6 heteroatoms. The highest BCUT2D eigenvalue weighted by Crippen LogP contribution is 2.15. The lowest BCUT2D eigenvalue weighted by atomic mass is 10.1. The quantitative estimate of drug-likeness (QED) is 0.781. The SMILES string of the molecule is CC(N)C(=O)C1COCCN1C(=O)OC(C)(C)C. The molecule has 6 nitrogen and oxygen atoms in total. The van der Waals surface area contributed by atoms with Crippen LogP contribution in [0.5, 0.6) is 0 Å². The fraction of sp³-hybridized carbons (Fsp3) is 0.833. The average molecular weight is 258 g/mol. The van der Waals surface area contributed by atoms with E-state index in [1.54, 1.807) is 27.7 Å². The molecule has 0 saturated carbocycles. The molecule has 1 rings (SSSR count). The van der Waals surface area contributed by atoms with E-state index >= 15 is 0 Å². The van der Waals surface area contributed by atoms with Crippen molar-refractivity contribution in [1.29, 1.82) is 0 Å². The number of carbonyl (C=O) groups is 2. The molecule has 0 spiro atoms. The molecular formula is C12H22N2O4. The van der Waals surface area contributed by atoms with Crippen molar-refractivity contribution in [2.45, 2.75) is 45.4 Å². The fourth-order valence-corrected chi connectivity index (χ4v) is 1.68. The minimum atomic E-state index is -0.645. The summed E-state index contributed by atoms with van der Waals surface area (Å²) in [5.74, 6) is -0.208. The normalized spacial score (nSPS) is 22.5. The summed E-state index contributed by atoms with van der Waals surface area (Å²) < 4.78 is 10.5. The third-order valence-corrected chi connectivity index (χ3v) is 2.53. The zero-order chi connectivity index (χ0) is 13.9. The van der Waals surface area contributed by atoms with Gasteiger partial charge in [0.1, 0.15) is 11.6 Å². The third kappa shape index (κ3) is 3.96. The number of nitrogens with zero attached hydrogens (tertiary/aromatic N) is 1. The average Bonchev–Trinajstić information content (AvgIpc) is 2.25. The summed E-state index contributed by atoms with van der Waals surface area (Å²) in [4.78, 5) is 25.3. The van der Waals surface area contributed by atoms with Crippen LogP contribution in [0.25, 0.3) is 0 Å². The number of carbonyl (C=O) groups excluding carboxylic acids is 2. The first-order valence-corrected chi connectivity index (χ1v) is 6.09. The number of rotatable bonds is 2. The summed E-state index contributed by atoms with van der Waals surface area (Å²) in [6, 6.07) is -1.27. The lowest BCUT2D eigenvalue weighted by molar-refractivity contribution is -0.131. The number of nitrogens with two attached hydrogens (primary N) is 1. The number of amides is 1. The highest BCUT2D eigenvalue weighted by atomic mass is 16.6. The molecule has 2 unspecified atom stereocenters. The van der Waals surface area contributed by atoms with Crippen LogP contribution in [0.15, 0.2) is 0 Å². The second-order valence-electron chi connectivity index (χ2n) is 5.46. The van der Waals surface area contributed by atoms with Gasteiger partial charge >= 0.3 is 6.09 Å². The molecule has 0 radical (unpaired) electrons. The van der Waals surface area contributed by atoms with Gasteiger partial charge in [-0.1, -0.05) is 0 Å². The van der Waals surface area contributed by atoms with Crippen LogP contribution >= 0.6 is 0 Å². The maximum absolute atomic E-state index is 12.0. The zero-order valence-electron chi connectivity index (χ0n) is 11.4. The molecule has 1 fully saturated rings. The van der Waals surface area contributed by atoms with Crippen LogP contribution in [-0.2, 0) is 14.3 Å². The van der Waals surface area contributed by atoms with E-state index in [-0.39, 0.29) is 12.4 Å². The van der Waals surface area contributed by atoms with Gasteiger partial charge in [-0.25, -0.2) is 4.79 Å². The summed E-state index contributed by atoms with van der Waals surface area (Å²) in [5.41, 5.74) is 4.99. The molecule has 1 aliphatic heterocycles. The number of morpholine rings is 1. The molecule has 2 N–H and O–H groups in total. The summed E-state index contributed by atoms with van der Waals surface area (Å²) in [5, 5.41) is 0. The van der Waals surface area contributed by atoms with Gasteiger partial charge in [-0.3, -0.25) is 9.69 Å². The first-order chi connectivity index (χ1) is 8.22. The van der Waals surface area contributed by atoms with E-state index in [0.29, 0.717) is 13.2 Å². The first kappa shape index (κ1) is 14.9. The van der Waals surface area contributed by atoms with Gasteiger partial charge in [0.15, 0.2) is 5.78 Å². The highest BCUT2D eigenvalue weighted by Gasteiger charge is 2.36. The van der Waals surface area contributed by atoms with E-state index in [2.05, 4.69) is 0 Å². The summed E-state index contributed by atoms with van der Waals surface area (Å²) in [6.45, 7) is 7.89. The Morgan fingerprint density at radius 1 is 1.44 bits per heavy atom. The molecule has 0 aromatic rings. The minimum Gasteiger partial charge on any atom is -0.444 e. The summed E-state index contributed by atoms with van der Waals surface area (Å²) >= 11 is 0. The maximum atomic E-state index is 12.0. The van der Waals surface area contributed by atoms with E-state index in [1.807, 2.05) is 0 Å². The predicted molar refractivity (Wildman–Crippen MR) is 66.2 cm³/mol. The standard InChI is InChI=1S/C12H22N2O4/c1-8(13)10(15)9-7-17-6-5-14(9)11(16)18-12(2,3)4/h8-9H,5-7,13H2,1-4H3. The minimum absolute atomic E-state index is 0.180. The van der Waals surface area contributed by atoms with Gasteiger partial charge in [0, 0.05) is 6.54 Å². The van der Waals surface area contributed by atoms with Crippen LogP contribution in [0.3, 0.4) is 0 Å². The Balaban J connectivity index is 2.76. The Hall–Kier alpha value is -1.14. The van der Waals surface area contributed by atoms with Crippen LogP contribution in [0, 0.1) is 0 Å². The van der Waals surface area contributed by atoms with Crippen molar-refractivity contribution in [2.24, 2.45) is 5.73 Å². The smallest absolute Gasteiger partial charge is 0.411 e. The van der Waals surface area contributed by atoms with E-state index in [1.165, 1.54) is 4.90 Å². The number of ether oxygens (including phenoxy) is 2. The Kier molecular flexibility index (Phi) is 4.70. The van der Waals surface area contributed by atoms with Gasteiger partial charge in [-0.05, 0) is 27.7 Å². The molecule has 0 aromatic heterocycles. The molecule has 0 aliphatic carbocycles. The Labute approximate surface area is 107 Å². The van der Waals surface area contributed by atoms with Crippen LogP contribution < -0.4 is 5.73 Å². The van der Waals surface area contributed by atoms with Gasteiger partial charge in [0.2, 0.25) is 0 Å². The number of hydrogen-bond donors (Lipinski definition) is 1. The highest BCUT2D eigenvalue weighted by molar-refractivity contribution is 5.91. The Morgan fingerprint density at radius 3 is 2.56 bits per heavy atom. The number of Topliss-reactive ketones (excluding diaryl/α,β-unsaturated/α-hetero) is 1. The van der Waals surface area contributed by atoms with Crippen LogP contribution in [0.4, 0.5) is 4.79 Å². The lowest BCUT2D eigenvalue weighted by Crippen LogP contribution is -2.56. The van der Waals surface area contributed by atoms with Crippen molar-refractivity contribution in [3.8, 4) is 0 Å². The van der Waals surface area contributed by atoms with E-state index in [4.69, 9.17) is 15.2 Å². The molecule has 2 atom stereocenters. The van der Waals surface area contributed by atoms with Crippen molar-refractivity contribution in [1.82, 2.24) is 4.90 Å². The Bertz CT molecular complexity index is 323. The summed E-state index contributed by atoms with van der Waals surface area (Å²) in [6.07, 6.45) is -0.496. The van der Waals surface area contributed by atoms with Crippen molar-refractivity contribution in [2.75, 3.05) is 19.8 Å². The molecule has 104 valence electrons. The molecule has 1 aliphatic rings. The number of ketones is 1. The molecular weight excluding hydrogens is 236 g/mol. The molecule has 1 saturated heterocycles.